The van der Waals surface area contributed by atoms with Gasteiger partial charge in [-0.2, -0.15) is 0 Å². The molecule has 1 aliphatic rings. The predicted molar refractivity (Wildman–Crippen MR) is 61.5 cm³/mol. The van der Waals surface area contributed by atoms with Gasteiger partial charge >= 0.3 is 0 Å². The van der Waals surface area contributed by atoms with Gasteiger partial charge in [0.1, 0.15) is 6.10 Å². The van der Waals surface area contributed by atoms with Gasteiger partial charge in [-0.3, -0.25) is 4.79 Å². The first-order chi connectivity index (χ1) is 7.03. The summed E-state index contributed by atoms with van der Waals surface area (Å²) in [6.07, 6.45) is 4.99. The van der Waals surface area contributed by atoms with Crippen LogP contribution in [-0.2, 0) is 9.53 Å². The Kier molecular flexibility index (Phi) is 4.18. The number of hydrogen-bond donors (Lipinski definition) is 0. The molecule has 15 heavy (non-hydrogen) atoms. The summed E-state index contributed by atoms with van der Waals surface area (Å²) in [6, 6.07) is 0. The molecular weight excluding hydrogens is 188 g/mol. The van der Waals surface area contributed by atoms with Gasteiger partial charge < -0.3 is 4.74 Å². The van der Waals surface area contributed by atoms with Gasteiger partial charge in [0.15, 0.2) is 0 Å². The number of carbonyl (C=O) groups is 1. The standard InChI is InChI=1S/C13H24O2/c1-10(2)13(12(4)15-9-14)7-5-11(3)6-8-13/h9-12H,5-8H2,1-4H3. The smallest absolute Gasteiger partial charge is 0.293 e. The lowest BCUT2D eigenvalue weighted by Gasteiger charge is -2.45. The topological polar surface area (TPSA) is 26.3 Å². The lowest BCUT2D eigenvalue weighted by atomic mass is 9.62. The molecule has 0 aliphatic heterocycles. The van der Waals surface area contributed by atoms with E-state index in [4.69, 9.17) is 4.74 Å². The zero-order chi connectivity index (χ0) is 11.5. The molecule has 0 aromatic heterocycles. The number of rotatable bonds is 4. The van der Waals surface area contributed by atoms with Crippen molar-refractivity contribution in [2.45, 2.75) is 59.5 Å². The molecule has 0 radical (unpaired) electrons. The van der Waals surface area contributed by atoms with Gasteiger partial charge in [-0.1, -0.05) is 33.6 Å². The van der Waals surface area contributed by atoms with E-state index in [1.165, 1.54) is 25.7 Å². The minimum absolute atomic E-state index is 0.0579. The molecule has 0 aromatic carbocycles. The first kappa shape index (κ1) is 12.5. The zero-order valence-electron chi connectivity index (χ0n) is 10.5. The number of hydrogen-bond acceptors (Lipinski definition) is 2. The van der Waals surface area contributed by atoms with E-state index in [2.05, 4.69) is 20.8 Å². The van der Waals surface area contributed by atoms with E-state index in [0.29, 0.717) is 12.4 Å². The Morgan fingerprint density at radius 3 is 2.20 bits per heavy atom. The number of ether oxygens (including phenoxy) is 1. The summed E-state index contributed by atoms with van der Waals surface area (Å²) in [5, 5.41) is 0. The molecule has 1 aliphatic carbocycles. The van der Waals surface area contributed by atoms with Crippen LogP contribution in [0, 0.1) is 17.3 Å². The highest BCUT2D eigenvalue weighted by Crippen LogP contribution is 2.47. The van der Waals surface area contributed by atoms with Crippen molar-refractivity contribution in [3.63, 3.8) is 0 Å². The van der Waals surface area contributed by atoms with Gasteiger partial charge in [0, 0.05) is 5.41 Å². The summed E-state index contributed by atoms with van der Waals surface area (Å²) >= 11 is 0. The maximum absolute atomic E-state index is 10.5. The van der Waals surface area contributed by atoms with E-state index < -0.39 is 0 Å². The summed E-state index contributed by atoms with van der Waals surface area (Å²) in [4.78, 5) is 10.5. The van der Waals surface area contributed by atoms with Crippen molar-refractivity contribution in [2.24, 2.45) is 17.3 Å². The van der Waals surface area contributed by atoms with Crippen molar-refractivity contribution in [2.75, 3.05) is 0 Å². The lowest BCUT2D eigenvalue weighted by Crippen LogP contribution is -2.42. The maximum atomic E-state index is 10.5. The molecule has 0 aromatic rings. The molecule has 1 atom stereocenters. The Bertz CT molecular complexity index is 203. The summed E-state index contributed by atoms with van der Waals surface area (Å²) in [5.41, 5.74) is 0.216. The van der Waals surface area contributed by atoms with E-state index in [0.717, 1.165) is 5.92 Å². The van der Waals surface area contributed by atoms with Gasteiger partial charge in [-0.15, -0.1) is 0 Å². The Balaban J connectivity index is 2.74. The SMILES string of the molecule is CC1CCC(C(C)C)(C(C)OC=O)CC1. The zero-order valence-corrected chi connectivity index (χ0v) is 10.5. The number of carbonyl (C=O) groups excluding carboxylic acids is 1. The van der Waals surface area contributed by atoms with E-state index in [-0.39, 0.29) is 11.5 Å². The Labute approximate surface area is 93.4 Å². The van der Waals surface area contributed by atoms with Gasteiger partial charge in [0.25, 0.3) is 6.47 Å². The van der Waals surface area contributed by atoms with Crippen LogP contribution < -0.4 is 0 Å². The first-order valence-electron chi connectivity index (χ1n) is 6.12. The molecular formula is C13H24O2. The molecule has 0 heterocycles. The van der Waals surface area contributed by atoms with Crippen molar-refractivity contribution in [1.29, 1.82) is 0 Å². The molecule has 2 nitrogen and oxygen atoms in total. The van der Waals surface area contributed by atoms with Crippen LogP contribution in [0.3, 0.4) is 0 Å². The molecule has 1 rings (SSSR count). The molecule has 0 bridgehead atoms. The molecule has 0 spiro atoms. The highest BCUT2D eigenvalue weighted by molar-refractivity contribution is 5.37. The van der Waals surface area contributed by atoms with Crippen molar-refractivity contribution in [1.82, 2.24) is 0 Å². The molecule has 2 heteroatoms. The van der Waals surface area contributed by atoms with Crippen LogP contribution in [0.15, 0.2) is 0 Å². The van der Waals surface area contributed by atoms with Crippen LogP contribution >= 0.6 is 0 Å². The van der Waals surface area contributed by atoms with Crippen LogP contribution in [-0.4, -0.2) is 12.6 Å². The third-order valence-electron chi connectivity index (χ3n) is 4.42. The summed E-state index contributed by atoms with van der Waals surface area (Å²) in [6.45, 7) is 9.47. The van der Waals surface area contributed by atoms with Crippen LogP contribution in [0.2, 0.25) is 0 Å². The van der Waals surface area contributed by atoms with Gasteiger partial charge in [0.05, 0.1) is 0 Å². The molecule has 1 saturated carbocycles. The Morgan fingerprint density at radius 1 is 1.27 bits per heavy atom. The molecule has 0 amide bonds. The molecule has 1 fully saturated rings. The molecule has 0 N–H and O–H groups in total. The highest BCUT2D eigenvalue weighted by Gasteiger charge is 2.42. The first-order valence-corrected chi connectivity index (χ1v) is 6.12. The molecule has 0 saturated heterocycles. The van der Waals surface area contributed by atoms with Gasteiger partial charge in [0.2, 0.25) is 0 Å². The van der Waals surface area contributed by atoms with Crippen molar-refractivity contribution in [3.05, 3.63) is 0 Å². The fraction of sp³-hybridized carbons (Fsp3) is 0.923. The van der Waals surface area contributed by atoms with E-state index in [1.54, 1.807) is 0 Å². The summed E-state index contributed by atoms with van der Waals surface area (Å²) < 4.78 is 5.20. The molecule has 1 unspecified atom stereocenters. The quantitative estimate of drug-likeness (QED) is 0.668. The largest absolute Gasteiger partial charge is 0.464 e. The van der Waals surface area contributed by atoms with E-state index in [9.17, 15) is 4.79 Å². The molecule has 88 valence electrons. The van der Waals surface area contributed by atoms with Crippen molar-refractivity contribution in [3.8, 4) is 0 Å². The van der Waals surface area contributed by atoms with Crippen LogP contribution in [0.1, 0.15) is 53.4 Å². The van der Waals surface area contributed by atoms with Crippen LogP contribution in [0.4, 0.5) is 0 Å². The van der Waals surface area contributed by atoms with Crippen LogP contribution in [0.25, 0.3) is 0 Å². The third kappa shape index (κ3) is 2.53. The van der Waals surface area contributed by atoms with Crippen molar-refractivity contribution >= 4 is 6.47 Å². The average molecular weight is 212 g/mol. The van der Waals surface area contributed by atoms with Gasteiger partial charge in [-0.25, -0.2) is 0 Å². The van der Waals surface area contributed by atoms with E-state index in [1.807, 2.05) is 6.92 Å². The lowest BCUT2D eigenvalue weighted by molar-refractivity contribution is -0.144. The second-order valence-corrected chi connectivity index (χ2v) is 5.44. The minimum atomic E-state index is 0.0579. The fourth-order valence-corrected chi connectivity index (χ4v) is 2.97. The predicted octanol–water partition coefficient (Wildman–Crippen LogP) is 3.40. The van der Waals surface area contributed by atoms with E-state index >= 15 is 0 Å². The summed E-state index contributed by atoms with van der Waals surface area (Å²) in [7, 11) is 0. The Hall–Kier alpha value is -0.530. The second kappa shape index (κ2) is 5.00. The average Bonchev–Trinajstić information content (AvgIpc) is 2.19. The maximum Gasteiger partial charge on any atom is 0.293 e. The fourth-order valence-electron chi connectivity index (χ4n) is 2.97. The van der Waals surface area contributed by atoms with Crippen LogP contribution in [0.5, 0.6) is 0 Å². The normalized spacial score (nSPS) is 33.8. The van der Waals surface area contributed by atoms with Crippen molar-refractivity contribution < 1.29 is 9.53 Å². The van der Waals surface area contributed by atoms with Gasteiger partial charge in [-0.05, 0) is 31.6 Å². The Morgan fingerprint density at radius 2 is 1.80 bits per heavy atom. The third-order valence-corrected chi connectivity index (χ3v) is 4.42. The monoisotopic (exact) mass is 212 g/mol. The summed E-state index contributed by atoms with van der Waals surface area (Å²) in [5.74, 6) is 1.42. The highest BCUT2D eigenvalue weighted by atomic mass is 16.5. The minimum Gasteiger partial charge on any atom is -0.464 e. The second-order valence-electron chi connectivity index (χ2n) is 5.44.